The van der Waals surface area contributed by atoms with Gasteiger partial charge in [-0.25, -0.2) is 4.39 Å². The van der Waals surface area contributed by atoms with Crippen molar-refractivity contribution in [2.45, 2.75) is 38.8 Å². The van der Waals surface area contributed by atoms with E-state index in [-0.39, 0.29) is 11.9 Å². The highest BCUT2D eigenvalue weighted by Crippen LogP contribution is 2.33. The molecule has 104 valence electrons. The zero-order chi connectivity index (χ0) is 14.0. The number of halogens is 1. The van der Waals surface area contributed by atoms with Crippen LogP contribution in [0.15, 0.2) is 28.7 Å². The van der Waals surface area contributed by atoms with E-state index in [2.05, 4.69) is 0 Å². The highest BCUT2D eigenvalue weighted by atomic mass is 19.1. The summed E-state index contributed by atoms with van der Waals surface area (Å²) < 4.78 is 24.6. The molecule has 1 heterocycles. The zero-order valence-electron chi connectivity index (χ0n) is 11.6. The summed E-state index contributed by atoms with van der Waals surface area (Å²) in [7, 11) is 0. The predicted molar refractivity (Wildman–Crippen MR) is 73.4 cm³/mol. The van der Waals surface area contributed by atoms with Crippen LogP contribution in [0.4, 0.5) is 4.39 Å². The number of ether oxygens (including phenoxy) is 1. The molecule has 2 N–H and O–H groups in total. The van der Waals surface area contributed by atoms with Gasteiger partial charge in [-0.05, 0) is 44.5 Å². The van der Waals surface area contributed by atoms with E-state index in [4.69, 9.17) is 14.9 Å². The van der Waals surface area contributed by atoms with E-state index in [0.717, 1.165) is 11.8 Å². The van der Waals surface area contributed by atoms with Gasteiger partial charge in [0, 0.05) is 12.0 Å². The van der Waals surface area contributed by atoms with Gasteiger partial charge in [0.05, 0.1) is 11.6 Å². The molecular weight excluding hydrogens is 245 g/mol. The summed E-state index contributed by atoms with van der Waals surface area (Å²) in [5, 5.41) is 0.723. The summed E-state index contributed by atoms with van der Waals surface area (Å²) in [6.07, 6.45) is 0.771. The van der Waals surface area contributed by atoms with E-state index in [1.165, 1.54) is 12.1 Å². The van der Waals surface area contributed by atoms with Crippen molar-refractivity contribution in [3.63, 3.8) is 0 Å². The Labute approximate surface area is 112 Å². The van der Waals surface area contributed by atoms with Gasteiger partial charge < -0.3 is 14.9 Å². The molecule has 0 radical (unpaired) electrons. The van der Waals surface area contributed by atoms with Gasteiger partial charge in [0.15, 0.2) is 0 Å². The average molecular weight is 265 g/mol. The van der Waals surface area contributed by atoms with Crippen LogP contribution in [0.1, 0.15) is 39.0 Å². The first kappa shape index (κ1) is 14.0. The molecule has 0 bridgehead atoms. The van der Waals surface area contributed by atoms with E-state index in [1.807, 2.05) is 20.8 Å². The molecule has 0 amide bonds. The molecule has 0 spiro atoms. The SMILES string of the molecule is CCOC(C)(CC)C(N)c1cc2cc(F)ccc2o1. The summed E-state index contributed by atoms with van der Waals surface area (Å²) in [5.74, 6) is 0.342. The van der Waals surface area contributed by atoms with Gasteiger partial charge in [-0.2, -0.15) is 0 Å². The minimum atomic E-state index is -0.485. The molecule has 0 aliphatic heterocycles. The number of rotatable bonds is 5. The van der Waals surface area contributed by atoms with E-state index >= 15 is 0 Å². The van der Waals surface area contributed by atoms with Crippen molar-refractivity contribution in [1.82, 2.24) is 0 Å². The van der Waals surface area contributed by atoms with Crippen molar-refractivity contribution in [3.05, 3.63) is 35.8 Å². The number of hydrogen-bond acceptors (Lipinski definition) is 3. The summed E-state index contributed by atoms with van der Waals surface area (Å²) >= 11 is 0. The zero-order valence-corrected chi connectivity index (χ0v) is 11.6. The molecule has 2 aromatic rings. The lowest BCUT2D eigenvalue weighted by molar-refractivity contribution is -0.0511. The molecule has 2 unspecified atom stereocenters. The Kier molecular flexibility index (Phi) is 3.92. The smallest absolute Gasteiger partial charge is 0.134 e. The van der Waals surface area contributed by atoms with Gasteiger partial charge >= 0.3 is 0 Å². The van der Waals surface area contributed by atoms with Crippen LogP contribution in [0.2, 0.25) is 0 Å². The molecule has 0 aliphatic rings. The molecule has 3 nitrogen and oxygen atoms in total. The number of furan rings is 1. The minimum Gasteiger partial charge on any atom is -0.459 e. The Morgan fingerprint density at radius 2 is 2.11 bits per heavy atom. The largest absolute Gasteiger partial charge is 0.459 e. The molecule has 4 heteroatoms. The van der Waals surface area contributed by atoms with Gasteiger partial charge in [0.1, 0.15) is 17.2 Å². The fraction of sp³-hybridized carbons (Fsp3) is 0.467. The van der Waals surface area contributed by atoms with Crippen LogP contribution < -0.4 is 5.73 Å². The first-order valence-corrected chi connectivity index (χ1v) is 6.58. The Balaban J connectivity index is 2.37. The van der Waals surface area contributed by atoms with Crippen LogP contribution in [0.3, 0.4) is 0 Å². The van der Waals surface area contributed by atoms with Gasteiger partial charge in [0.25, 0.3) is 0 Å². The first-order chi connectivity index (χ1) is 9.00. The maximum absolute atomic E-state index is 13.2. The lowest BCUT2D eigenvalue weighted by atomic mass is 9.92. The maximum atomic E-state index is 13.2. The summed E-state index contributed by atoms with van der Waals surface area (Å²) in [4.78, 5) is 0. The molecule has 1 aromatic carbocycles. The lowest BCUT2D eigenvalue weighted by Gasteiger charge is -2.33. The second-order valence-electron chi connectivity index (χ2n) is 4.91. The normalized spacial score (nSPS) is 16.5. The monoisotopic (exact) mass is 265 g/mol. The topological polar surface area (TPSA) is 48.4 Å². The second-order valence-corrected chi connectivity index (χ2v) is 4.91. The maximum Gasteiger partial charge on any atom is 0.134 e. The van der Waals surface area contributed by atoms with Gasteiger partial charge in [0.2, 0.25) is 0 Å². The van der Waals surface area contributed by atoms with E-state index in [0.29, 0.717) is 18.0 Å². The summed E-state index contributed by atoms with van der Waals surface area (Å²) in [6.45, 7) is 6.52. The Bertz CT molecular complexity index is 566. The Hall–Kier alpha value is -1.39. The first-order valence-electron chi connectivity index (χ1n) is 6.58. The van der Waals surface area contributed by atoms with Crippen molar-refractivity contribution in [2.24, 2.45) is 5.73 Å². The van der Waals surface area contributed by atoms with Gasteiger partial charge in [-0.1, -0.05) is 6.92 Å². The Morgan fingerprint density at radius 1 is 1.37 bits per heavy atom. The molecule has 0 aliphatic carbocycles. The van der Waals surface area contributed by atoms with Crippen molar-refractivity contribution < 1.29 is 13.5 Å². The molecule has 1 aromatic heterocycles. The molecule has 0 saturated heterocycles. The van der Waals surface area contributed by atoms with Crippen LogP contribution in [0.25, 0.3) is 11.0 Å². The number of benzene rings is 1. The molecule has 2 atom stereocenters. The standard InChI is InChI=1S/C15H20FNO2/c1-4-15(3,18-5-2)14(17)13-9-10-8-11(16)6-7-12(10)19-13/h6-9,14H,4-5,17H2,1-3H3. The number of fused-ring (bicyclic) bond motifs is 1. The fourth-order valence-corrected chi connectivity index (χ4v) is 2.23. The van der Waals surface area contributed by atoms with Crippen LogP contribution in [-0.2, 0) is 4.74 Å². The van der Waals surface area contributed by atoms with E-state index < -0.39 is 5.60 Å². The van der Waals surface area contributed by atoms with Crippen LogP contribution in [0.5, 0.6) is 0 Å². The Morgan fingerprint density at radius 3 is 2.74 bits per heavy atom. The van der Waals surface area contributed by atoms with Crippen LogP contribution in [0, 0.1) is 5.82 Å². The second kappa shape index (κ2) is 5.31. The quantitative estimate of drug-likeness (QED) is 0.895. The van der Waals surface area contributed by atoms with Crippen molar-refractivity contribution >= 4 is 11.0 Å². The van der Waals surface area contributed by atoms with E-state index in [9.17, 15) is 4.39 Å². The van der Waals surface area contributed by atoms with Crippen LogP contribution in [-0.4, -0.2) is 12.2 Å². The molecule has 0 fully saturated rings. The van der Waals surface area contributed by atoms with Crippen molar-refractivity contribution in [2.75, 3.05) is 6.61 Å². The molecular formula is C15H20FNO2. The van der Waals surface area contributed by atoms with Crippen molar-refractivity contribution in [3.8, 4) is 0 Å². The third-order valence-electron chi connectivity index (χ3n) is 3.64. The third kappa shape index (κ3) is 2.65. The minimum absolute atomic E-state index is 0.281. The lowest BCUT2D eigenvalue weighted by Crippen LogP contribution is -2.40. The van der Waals surface area contributed by atoms with Crippen LogP contribution >= 0.6 is 0 Å². The van der Waals surface area contributed by atoms with Gasteiger partial charge in [-0.15, -0.1) is 0 Å². The summed E-state index contributed by atoms with van der Waals surface area (Å²) in [5.41, 5.74) is 6.42. The molecule has 0 saturated carbocycles. The molecule has 19 heavy (non-hydrogen) atoms. The highest BCUT2D eigenvalue weighted by Gasteiger charge is 2.34. The fourth-order valence-electron chi connectivity index (χ4n) is 2.23. The highest BCUT2D eigenvalue weighted by molar-refractivity contribution is 5.78. The third-order valence-corrected chi connectivity index (χ3v) is 3.64. The van der Waals surface area contributed by atoms with E-state index in [1.54, 1.807) is 12.1 Å². The van der Waals surface area contributed by atoms with Gasteiger partial charge in [-0.3, -0.25) is 0 Å². The average Bonchev–Trinajstić information content (AvgIpc) is 2.80. The van der Waals surface area contributed by atoms with Crippen molar-refractivity contribution in [1.29, 1.82) is 0 Å². The number of nitrogens with two attached hydrogens (primary N) is 1. The molecule has 2 rings (SSSR count). The predicted octanol–water partition coefficient (Wildman–Crippen LogP) is 3.78. The number of hydrogen-bond donors (Lipinski definition) is 1. The summed E-state index contributed by atoms with van der Waals surface area (Å²) in [6, 6.07) is 5.84.